The van der Waals surface area contributed by atoms with Crippen molar-refractivity contribution in [1.82, 2.24) is 10.1 Å². The fraction of sp³-hybridized carbons (Fsp3) is 0.429. The van der Waals surface area contributed by atoms with E-state index in [1.54, 1.807) is 24.2 Å². The number of hydrogen-bond acceptors (Lipinski definition) is 6. The largest absolute Gasteiger partial charge is 0.461 e. The second-order valence-corrected chi connectivity index (χ2v) is 4.70. The van der Waals surface area contributed by atoms with Gasteiger partial charge in [-0.25, -0.2) is 4.79 Å². The molecule has 3 heterocycles. The molecule has 1 aliphatic heterocycles. The molecule has 3 rings (SSSR count). The molecular weight excluding hydrogens is 274 g/mol. The molecule has 0 aliphatic carbocycles. The molecular formula is C14H17N3O4. The zero-order valence-corrected chi connectivity index (χ0v) is 11.8. The number of amides is 1. The number of rotatable bonds is 3. The summed E-state index contributed by atoms with van der Waals surface area (Å²) < 4.78 is 15.6. The highest BCUT2D eigenvalue weighted by Crippen LogP contribution is 2.25. The van der Waals surface area contributed by atoms with Crippen LogP contribution in [0.3, 0.4) is 0 Å². The van der Waals surface area contributed by atoms with Gasteiger partial charge in [-0.15, -0.1) is 0 Å². The summed E-state index contributed by atoms with van der Waals surface area (Å²) in [6.45, 7) is 4.82. The molecule has 1 aliphatic rings. The summed E-state index contributed by atoms with van der Waals surface area (Å²) in [5.41, 5.74) is 0. The van der Waals surface area contributed by atoms with Gasteiger partial charge in [0.1, 0.15) is 0 Å². The molecule has 1 saturated heterocycles. The van der Waals surface area contributed by atoms with Crippen LogP contribution in [0.4, 0.5) is 10.6 Å². The van der Waals surface area contributed by atoms with Crippen molar-refractivity contribution in [2.24, 2.45) is 0 Å². The maximum absolute atomic E-state index is 11.6. The van der Waals surface area contributed by atoms with Gasteiger partial charge in [-0.3, -0.25) is 0 Å². The minimum Gasteiger partial charge on any atom is -0.461 e. The van der Waals surface area contributed by atoms with Crippen molar-refractivity contribution in [3.63, 3.8) is 0 Å². The van der Waals surface area contributed by atoms with Gasteiger partial charge in [0, 0.05) is 32.2 Å². The summed E-state index contributed by atoms with van der Waals surface area (Å²) in [7, 11) is 0. The quantitative estimate of drug-likeness (QED) is 0.863. The normalized spacial score (nSPS) is 15.3. The molecule has 0 aromatic carbocycles. The fourth-order valence-corrected chi connectivity index (χ4v) is 2.28. The molecule has 0 unspecified atom stereocenters. The lowest BCUT2D eigenvalue weighted by Gasteiger charge is -2.33. The predicted octanol–water partition coefficient (Wildman–Crippen LogP) is 2.21. The van der Waals surface area contributed by atoms with Gasteiger partial charge in [-0.05, 0) is 19.1 Å². The number of anilines is 1. The fourth-order valence-electron chi connectivity index (χ4n) is 2.28. The van der Waals surface area contributed by atoms with Gasteiger partial charge in [0.25, 0.3) is 0 Å². The van der Waals surface area contributed by atoms with E-state index in [0.717, 1.165) is 5.82 Å². The Balaban J connectivity index is 1.61. The Bertz CT molecular complexity index is 585. The zero-order valence-electron chi connectivity index (χ0n) is 11.8. The van der Waals surface area contributed by atoms with Crippen molar-refractivity contribution in [3.05, 3.63) is 24.5 Å². The van der Waals surface area contributed by atoms with E-state index < -0.39 is 0 Å². The lowest BCUT2D eigenvalue weighted by atomic mass is 10.3. The van der Waals surface area contributed by atoms with E-state index in [-0.39, 0.29) is 6.09 Å². The summed E-state index contributed by atoms with van der Waals surface area (Å²) in [4.78, 5) is 15.4. The van der Waals surface area contributed by atoms with Crippen LogP contribution in [0.15, 0.2) is 33.4 Å². The highest BCUT2D eigenvalue weighted by molar-refractivity contribution is 5.68. The molecule has 2 aromatic rings. The van der Waals surface area contributed by atoms with Crippen LogP contribution in [-0.2, 0) is 4.74 Å². The molecule has 7 nitrogen and oxygen atoms in total. The smallest absolute Gasteiger partial charge is 0.409 e. The van der Waals surface area contributed by atoms with Gasteiger partial charge in [0.15, 0.2) is 11.6 Å². The van der Waals surface area contributed by atoms with Crippen LogP contribution in [0, 0.1) is 0 Å². The maximum Gasteiger partial charge on any atom is 0.409 e. The Labute approximate surface area is 122 Å². The van der Waals surface area contributed by atoms with E-state index >= 15 is 0 Å². The monoisotopic (exact) mass is 291 g/mol. The maximum atomic E-state index is 11.6. The summed E-state index contributed by atoms with van der Waals surface area (Å²) in [5, 5.41) is 4.06. The van der Waals surface area contributed by atoms with Crippen LogP contribution < -0.4 is 4.90 Å². The molecule has 0 spiro atoms. The van der Waals surface area contributed by atoms with E-state index in [1.807, 2.05) is 12.1 Å². The summed E-state index contributed by atoms with van der Waals surface area (Å²) in [6, 6.07) is 5.47. The topological polar surface area (TPSA) is 72.0 Å². The van der Waals surface area contributed by atoms with Gasteiger partial charge in [0.2, 0.25) is 5.76 Å². The van der Waals surface area contributed by atoms with Crippen molar-refractivity contribution in [3.8, 4) is 11.5 Å². The van der Waals surface area contributed by atoms with Gasteiger partial charge < -0.3 is 23.5 Å². The average Bonchev–Trinajstić information content (AvgIpc) is 3.19. The van der Waals surface area contributed by atoms with Crippen molar-refractivity contribution >= 4 is 11.9 Å². The van der Waals surface area contributed by atoms with Crippen LogP contribution in [-0.4, -0.2) is 48.9 Å². The Morgan fingerprint density at radius 3 is 2.81 bits per heavy atom. The number of nitrogens with zero attached hydrogens (tertiary/aromatic N) is 3. The third-order valence-corrected chi connectivity index (χ3v) is 3.39. The molecule has 2 aromatic heterocycles. The number of piperazine rings is 1. The number of aromatic nitrogens is 1. The van der Waals surface area contributed by atoms with E-state index in [2.05, 4.69) is 10.1 Å². The van der Waals surface area contributed by atoms with Gasteiger partial charge in [0.05, 0.1) is 12.9 Å². The standard InChI is InChI=1S/C14H17N3O4/c1-2-19-14(18)17-7-5-16(6-8-17)13-10-12(21-15-13)11-4-3-9-20-11/h3-4,9-10H,2,5-8H2,1H3. The van der Waals surface area contributed by atoms with E-state index in [0.29, 0.717) is 44.3 Å². The molecule has 0 saturated carbocycles. The lowest BCUT2D eigenvalue weighted by Crippen LogP contribution is -2.49. The third kappa shape index (κ3) is 2.86. The molecule has 0 atom stereocenters. The molecule has 0 N–H and O–H groups in total. The zero-order chi connectivity index (χ0) is 14.7. The highest BCUT2D eigenvalue weighted by Gasteiger charge is 2.24. The van der Waals surface area contributed by atoms with Gasteiger partial charge >= 0.3 is 6.09 Å². The Kier molecular flexibility index (Phi) is 3.81. The van der Waals surface area contributed by atoms with E-state index in [1.165, 1.54) is 0 Å². The first-order valence-electron chi connectivity index (χ1n) is 6.95. The lowest BCUT2D eigenvalue weighted by molar-refractivity contribution is 0.105. The number of ether oxygens (including phenoxy) is 1. The van der Waals surface area contributed by atoms with Crippen molar-refractivity contribution < 1.29 is 18.5 Å². The molecule has 21 heavy (non-hydrogen) atoms. The van der Waals surface area contributed by atoms with Crippen molar-refractivity contribution in [2.45, 2.75) is 6.92 Å². The van der Waals surface area contributed by atoms with Crippen molar-refractivity contribution in [1.29, 1.82) is 0 Å². The second-order valence-electron chi connectivity index (χ2n) is 4.70. The van der Waals surface area contributed by atoms with Gasteiger partial charge in [-0.1, -0.05) is 5.16 Å². The van der Waals surface area contributed by atoms with E-state index in [9.17, 15) is 4.79 Å². The number of carbonyl (C=O) groups excluding carboxylic acids is 1. The van der Waals surface area contributed by atoms with Crippen LogP contribution >= 0.6 is 0 Å². The van der Waals surface area contributed by atoms with Crippen LogP contribution in [0.2, 0.25) is 0 Å². The molecule has 0 radical (unpaired) electrons. The first-order chi connectivity index (χ1) is 10.3. The minimum absolute atomic E-state index is 0.256. The number of furan rings is 1. The van der Waals surface area contributed by atoms with Gasteiger partial charge in [-0.2, -0.15) is 0 Å². The van der Waals surface area contributed by atoms with Crippen LogP contribution in [0.25, 0.3) is 11.5 Å². The first kappa shape index (κ1) is 13.5. The van der Waals surface area contributed by atoms with E-state index in [4.69, 9.17) is 13.7 Å². The average molecular weight is 291 g/mol. The number of carbonyl (C=O) groups is 1. The number of hydrogen-bond donors (Lipinski definition) is 0. The Hall–Kier alpha value is -2.44. The van der Waals surface area contributed by atoms with Crippen molar-refractivity contribution in [2.75, 3.05) is 37.7 Å². The minimum atomic E-state index is -0.256. The second kappa shape index (κ2) is 5.90. The Morgan fingerprint density at radius 2 is 2.14 bits per heavy atom. The summed E-state index contributed by atoms with van der Waals surface area (Å²) in [5.74, 6) is 2.01. The SMILES string of the molecule is CCOC(=O)N1CCN(c2cc(-c3ccco3)on2)CC1. The predicted molar refractivity (Wildman–Crippen MR) is 75.0 cm³/mol. The molecule has 0 bridgehead atoms. The molecule has 1 amide bonds. The highest BCUT2D eigenvalue weighted by atomic mass is 16.6. The molecule has 7 heteroatoms. The summed E-state index contributed by atoms with van der Waals surface area (Å²) in [6.07, 6.45) is 1.34. The Morgan fingerprint density at radius 1 is 1.33 bits per heavy atom. The third-order valence-electron chi connectivity index (χ3n) is 3.39. The molecule has 112 valence electrons. The van der Waals surface area contributed by atoms with Crippen LogP contribution in [0.5, 0.6) is 0 Å². The van der Waals surface area contributed by atoms with Crippen LogP contribution in [0.1, 0.15) is 6.92 Å². The molecule has 1 fully saturated rings. The summed E-state index contributed by atoms with van der Waals surface area (Å²) >= 11 is 0. The first-order valence-corrected chi connectivity index (χ1v) is 6.95.